The highest BCUT2D eigenvalue weighted by Gasteiger charge is 2.24. The fraction of sp³-hybridized carbons (Fsp3) is 0.706. The van der Waals surface area contributed by atoms with Gasteiger partial charge in [0.1, 0.15) is 0 Å². The van der Waals surface area contributed by atoms with Crippen molar-refractivity contribution in [1.29, 1.82) is 0 Å². The van der Waals surface area contributed by atoms with Crippen molar-refractivity contribution in [2.24, 2.45) is 0 Å². The predicted octanol–water partition coefficient (Wildman–Crippen LogP) is 0.939. The number of carbonyl (C=O) groups excluding carboxylic acids is 1. The Hall–Kier alpha value is -1.89. The second-order valence-electron chi connectivity index (χ2n) is 6.81. The zero-order chi connectivity index (χ0) is 17.1. The van der Waals surface area contributed by atoms with Gasteiger partial charge in [-0.3, -0.25) is 14.6 Å². The molecule has 0 spiro atoms. The summed E-state index contributed by atoms with van der Waals surface area (Å²) in [6.07, 6.45) is 3.39. The van der Waals surface area contributed by atoms with Crippen molar-refractivity contribution in [1.82, 2.24) is 14.9 Å². The van der Waals surface area contributed by atoms with Crippen LogP contribution in [0.25, 0.3) is 0 Å². The van der Waals surface area contributed by atoms with E-state index in [2.05, 4.69) is 14.9 Å². The van der Waals surface area contributed by atoms with Crippen molar-refractivity contribution < 1.29 is 9.53 Å². The summed E-state index contributed by atoms with van der Waals surface area (Å²) in [6, 6.07) is 1.56. The Morgan fingerprint density at radius 3 is 2.71 bits per heavy atom. The molecular weight excluding hydrogens is 308 g/mol. The van der Waals surface area contributed by atoms with Crippen molar-refractivity contribution in [3.8, 4) is 0 Å². The van der Waals surface area contributed by atoms with E-state index in [1.165, 1.54) is 0 Å². The molecule has 0 aliphatic carbocycles. The number of H-pyrrole nitrogens is 1. The van der Waals surface area contributed by atoms with Crippen molar-refractivity contribution >= 4 is 11.9 Å². The Bertz CT molecular complexity index is 635. The standard InChI is InChI=1S/C17H26N4O3/c1-12-10-21(11-13(2)24-12)17-18-14(9-15(22)19-17)5-3-7-20-8-4-6-16(20)23/h9,12-13H,3-8,10-11H2,1-2H3,(H,18,19,22)/t12-,13-/m1/s1. The van der Waals surface area contributed by atoms with Crippen molar-refractivity contribution in [2.75, 3.05) is 31.1 Å². The Kier molecular flexibility index (Phi) is 5.18. The molecule has 3 rings (SSSR count). The number of amides is 1. The molecular formula is C17H26N4O3. The fourth-order valence-corrected chi connectivity index (χ4v) is 3.51. The number of aryl methyl sites for hydroxylation is 1. The van der Waals surface area contributed by atoms with Gasteiger partial charge in [-0.05, 0) is 33.1 Å². The number of anilines is 1. The van der Waals surface area contributed by atoms with E-state index in [9.17, 15) is 9.59 Å². The second kappa shape index (κ2) is 7.34. The van der Waals surface area contributed by atoms with Crippen molar-refractivity contribution in [3.05, 3.63) is 22.1 Å². The maximum atomic E-state index is 12.0. The van der Waals surface area contributed by atoms with Gasteiger partial charge in [0.15, 0.2) is 0 Å². The van der Waals surface area contributed by atoms with Crippen LogP contribution in [0.2, 0.25) is 0 Å². The number of hydrogen-bond acceptors (Lipinski definition) is 5. The van der Waals surface area contributed by atoms with Crippen LogP contribution in [0.3, 0.4) is 0 Å². The summed E-state index contributed by atoms with van der Waals surface area (Å²) < 4.78 is 5.73. The van der Waals surface area contributed by atoms with Gasteiger partial charge < -0.3 is 14.5 Å². The molecule has 132 valence electrons. The normalized spacial score (nSPS) is 24.7. The first-order chi connectivity index (χ1) is 11.5. The molecule has 1 aromatic rings. The molecule has 0 radical (unpaired) electrons. The van der Waals surface area contributed by atoms with Crippen LogP contribution in [0.1, 0.15) is 38.8 Å². The Balaban J connectivity index is 1.63. The van der Waals surface area contributed by atoms with Gasteiger partial charge in [-0.2, -0.15) is 0 Å². The number of morpholine rings is 1. The zero-order valence-electron chi connectivity index (χ0n) is 14.5. The number of ether oxygens (including phenoxy) is 1. The Morgan fingerprint density at radius 2 is 2.04 bits per heavy atom. The third kappa shape index (κ3) is 4.14. The van der Waals surface area contributed by atoms with Gasteiger partial charge in [-0.15, -0.1) is 0 Å². The van der Waals surface area contributed by atoms with E-state index in [4.69, 9.17) is 4.74 Å². The van der Waals surface area contributed by atoms with E-state index in [0.29, 0.717) is 18.8 Å². The molecule has 2 aliphatic rings. The predicted molar refractivity (Wildman–Crippen MR) is 91.2 cm³/mol. The molecule has 0 saturated carbocycles. The van der Waals surface area contributed by atoms with Gasteiger partial charge in [0.2, 0.25) is 11.9 Å². The largest absolute Gasteiger partial charge is 0.372 e. The first-order valence-corrected chi connectivity index (χ1v) is 8.79. The third-order valence-corrected chi connectivity index (χ3v) is 4.53. The molecule has 3 heterocycles. The lowest BCUT2D eigenvalue weighted by Gasteiger charge is -2.35. The third-order valence-electron chi connectivity index (χ3n) is 4.53. The highest BCUT2D eigenvalue weighted by atomic mass is 16.5. The van der Waals surface area contributed by atoms with Gasteiger partial charge in [0, 0.05) is 44.4 Å². The molecule has 0 bridgehead atoms. The molecule has 1 aromatic heterocycles. The molecule has 2 atom stereocenters. The lowest BCUT2D eigenvalue weighted by molar-refractivity contribution is -0.127. The van der Waals surface area contributed by atoms with E-state index in [1.54, 1.807) is 6.07 Å². The number of carbonyl (C=O) groups is 1. The lowest BCUT2D eigenvalue weighted by atomic mass is 10.2. The minimum absolute atomic E-state index is 0.115. The SMILES string of the molecule is C[C@@H]1CN(c2nc(CCCN3CCCC3=O)cc(=O)[nH]2)C[C@@H](C)O1. The molecule has 1 amide bonds. The van der Waals surface area contributed by atoms with Crippen LogP contribution in [0.15, 0.2) is 10.9 Å². The number of aromatic nitrogens is 2. The van der Waals surface area contributed by atoms with E-state index in [1.807, 2.05) is 18.7 Å². The summed E-state index contributed by atoms with van der Waals surface area (Å²) >= 11 is 0. The Labute approximate surface area is 142 Å². The van der Waals surface area contributed by atoms with Crippen LogP contribution >= 0.6 is 0 Å². The molecule has 24 heavy (non-hydrogen) atoms. The van der Waals surface area contributed by atoms with Crippen LogP contribution in [0.4, 0.5) is 5.95 Å². The van der Waals surface area contributed by atoms with Crippen molar-refractivity contribution in [2.45, 2.75) is 51.7 Å². The number of rotatable bonds is 5. The monoisotopic (exact) mass is 334 g/mol. The van der Waals surface area contributed by atoms with E-state index in [0.717, 1.165) is 44.7 Å². The van der Waals surface area contributed by atoms with Crippen LogP contribution in [0.5, 0.6) is 0 Å². The summed E-state index contributed by atoms with van der Waals surface area (Å²) in [5.41, 5.74) is 0.659. The minimum atomic E-state index is -0.126. The number of nitrogens with zero attached hydrogens (tertiary/aromatic N) is 3. The van der Waals surface area contributed by atoms with E-state index in [-0.39, 0.29) is 23.7 Å². The summed E-state index contributed by atoms with van der Waals surface area (Å²) in [6.45, 7) is 7.10. The summed E-state index contributed by atoms with van der Waals surface area (Å²) in [4.78, 5) is 35.0. The van der Waals surface area contributed by atoms with Gasteiger partial charge in [0.25, 0.3) is 5.56 Å². The molecule has 7 nitrogen and oxygen atoms in total. The zero-order valence-corrected chi connectivity index (χ0v) is 14.5. The number of aromatic amines is 1. The Morgan fingerprint density at radius 1 is 1.29 bits per heavy atom. The smallest absolute Gasteiger partial charge is 0.252 e. The van der Waals surface area contributed by atoms with Crippen LogP contribution < -0.4 is 10.5 Å². The maximum absolute atomic E-state index is 12.0. The average molecular weight is 334 g/mol. The quantitative estimate of drug-likeness (QED) is 0.867. The lowest BCUT2D eigenvalue weighted by Crippen LogP contribution is -2.46. The van der Waals surface area contributed by atoms with Gasteiger partial charge in [-0.25, -0.2) is 4.98 Å². The van der Waals surface area contributed by atoms with Crippen molar-refractivity contribution in [3.63, 3.8) is 0 Å². The highest BCUT2D eigenvalue weighted by molar-refractivity contribution is 5.77. The molecule has 1 N–H and O–H groups in total. The molecule has 2 saturated heterocycles. The number of nitrogens with one attached hydrogen (secondary N) is 1. The second-order valence-corrected chi connectivity index (χ2v) is 6.81. The van der Waals surface area contributed by atoms with Gasteiger partial charge in [-0.1, -0.05) is 0 Å². The van der Waals surface area contributed by atoms with E-state index >= 15 is 0 Å². The topological polar surface area (TPSA) is 78.5 Å². The van der Waals surface area contributed by atoms with Gasteiger partial charge >= 0.3 is 0 Å². The molecule has 0 aromatic carbocycles. The fourth-order valence-electron chi connectivity index (χ4n) is 3.51. The maximum Gasteiger partial charge on any atom is 0.252 e. The van der Waals surface area contributed by atoms with Crippen LogP contribution in [0, 0.1) is 0 Å². The molecule has 7 heteroatoms. The van der Waals surface area contributed by atoms with Crippen LogP contribution in [-0.4, -0.2) is 59.2 Å². The summed E-state index contributed by atoms with van der Waals surface area (Å²) in [5.74, 6) is 0.864. The highest BCUT2D eigenvalue weighted by Crippen LogP contribution is 2.16. The first-order valence-electron chi connectivity index (χ1n) is 8.79. The molecule has 2 aliphatic heterocycles. The van der Waals surface area contributed by atoms with Crippen LogP contribution in [-0.2, 0) is 16.0 Å². The minimum Gasteiger partial charge on any atom is -0.372 e. The molecule has 2 fully saturated rings. The average Bonchev–Trinajstić information content (AvgIpc) is 2.91. The number of hydrogen-bond donors (Lipinski definition) is 1. The summed E-state index contributed by atoms with van der Waals surface area (Å²) in [5, 5.41) is 0. The molecule has 0 unspecified atom stereocenters. The number of likely N-dealkylation sites (tertiary alicyclic amines) is 1. The summed E-state index contributed by atoms with van der Waals surface area (Å²) in [7, 11) is 0. The first kappa shape index (κ1) is 17.0. The van der Waals surface area contributed by atoms with Gasteiger partial charge in [0.05, 0.1) is 12.2 Å². The van der Waals surface area contributed by atoms with E-state index < -0.39 is 0 Å².